The quantitative estimate of drug-likeness (QED) is 0.476. The van der Waals surface area contributed by atoms with E-state index in [0.717, 1.165) is 16.8 Å². The summed E-state index contributed by atoms with van der Waals surface area (Å²) in [7, 11) is 0. The van der Waals surface area contributed by atoms with E-state index in [2.05, 4.69) is 21.5 Å². The second-order valence-corrected chi connectivity index (χ2v) is 7.53. The molecule has 0 unspecified atom stereocenters. The number of fused-ring (bicyclic) bond motifs is 1. The highest BCUT2D eigenvalue weighted by molar-refractivity contribution is 8.00. The maximum absolute atomic E-state index is 12.3. The van der Waals surface area contributed by atoms with E-state index in [-0.39, 0.29) is 11.7 Å². The highest BCUT2D eigenvalue weighted by Gasteiger charge is 2.12. The van der Waals surface area contributed by atoms with Gasteiger partial charge in [-0.15, -0.1) is 0 Å². The predicted octanol–water partition coefficient (Wildman–Crippen LogP) is 4.65. The molecule has 0 fully saturated rings. The minimum absolute atomic E-state index is 0.175. The Hall–Kier alpha value is -3.34. The highest BCUT2D eigenvalue weighted by Crippen LogP contribution is 2.27. The smallest absolute Gasteiger partial charge is 0.234 e. The second-order valence-electron chi connectivity index (χ2n) is 6.13. The van der Waals surface area contributed by atoms with Gasteiger partial charge in [-0.25, -0.2) is 9.50 Å². The SMILES string of the molecule is N#Cc1cccc(NC(=O)CSc2nccn3nc(-c4ccc(Cl)cc4)cc23)c1. The Morgan fingerprint density at radius 3 is 2.83 bits per heavy atom. The van der Waals surface area contributed by atoms with E-state index in [0.29, 0.717) is 21.3 Å². The molecule has 0 aliphatic rings. The summed E-state index contributed by atoms with van der Waals surface area (Å²) in [4.78, 5) is 16.7. The lowest BCUT2D eigenvalue weighted by molar-refractivity contribution is -0.113. The molecule has 0 saturated heterocycles. The Morgan fingerprint density at radius 1 is 1.21 bits per heavy atom. The highest BCUT2D eigenvalue weighted by atomic mass is 35.5. The average molecular weight is 420 g/mol. The molecule has 2 heterocycles. The van der Waals surface area contributed by atoms with Crippen LogP contribution in [0.1, 0.15) is 5.56 Å². The number of carbonyl (C=O) groups is 1. The summed E-state index contributed by atoms with van der Waals surface area (Å²) in [5.74, 6) is 0.0107. The Labute approximate surface area is 176 Å². The fraction of sp³-hybridized carbons (Fsp3) is 0.0476. The van der Waals surface area contributed by atoms with Crippen molar-refractivity contribution in [1.29, 1.82) is 5.26 Å². The largest absolute Gasteiger partial charge is 0.325 e. The van der Waals surface area contributed by atoms with Gasteiger partial charge in [-0.05, 0) is 36.4 Å². The number of hydrogen-bond donors (Lipinski definition) is 1. The number of nitrogens with one attached hydrogen (secondary N) is 1. The van der Waals surface area contributed by atoms with Crippen LogP contribution in [-0.4, -0.2) is 26.3 Å². The Morgan fingerprint density at radius 2 is 2.03 bits per heavy atom. The van der Waals surface area contributed by atoms with Gasteiger partial charge in [0.05, 0.1) is 28.6 Å². The molecule has 8 heteroatoms. The third-order valence-electron chi connectivity index (χ3n) is 4.11. The first-order valence-electron chi connectivity index (χ1n) is 8.65. The summed E-state index contributed by atoms with van der Waals surface area (Å²) in [6.07, 6.45) is 3.43. The summed E-state index contributed by atoms with van der Waals surface area (Å²) in [6.45, 7) is 0. The number of rotatable bonds is 5. The van der Waals surface area contributed by atoms with Crippen molar-refractivity contribution in [2.24, 2.45) is 0 Å². The molecule has 0 aliphatic carbocycles. The number of carbonyl (C=O) groups excluding carboxylic acids is 1. The van der Waals surface area contributed by atoms with E-state index in [9.17, 15) is 4.79 Å². The van der Waals surface area contributed by atoms with Gasteiger partial charge in [0.15, 0.2) is 0 Å². The van der Waals surface area contributed by atoms with Crippen molar-refractivity contribution >= 4 is 40.5 Å². The van der Waals surface area contributed by atoms with Crippen LogP contribution in [0.15, 0.2) is 72.0 Å². The maximum Gasteiger partial charge on any atom is 0.234 e. The maximum atomic E-state index is 12.3. The Kier molecular flexibility index (Phi) is 5.47. The first-order chi connectivity index (χ1) is 14.1. The number of benzene rings is 2. The minimum Gasteiger partial charge on any atom is -0.325 e. The molecule has 1 N–H and O–H groups in total. The van der Waals surface area contributed by atoms with Crippen LogP contribution in [0, 0.1) is 11.3 Å². The van der Waals surface area contributed by atoms with Gasteiger partial charge >= 0.3 is 0 Å². The van der Waals surface area contributed by atoms with Crippen molar-refractivity contribution < 1.29 is 4.79 Å². The molecule has 0 bridgehead atoms. The van der Waals surface area contributed by atoms with E-state index >= 15 is 0 Å². The topological polar surface area (TPSA) is 83.1 Å². The molecule has 0 aliphatic heterocycles. The fourth-order valence-electron chi connectivity index (χ4n) is 2.77. The zero-order valence-electron chi connectivity index (χ0n) is 15.0. The predicted molar refractivity (Wildman–Crippen MR) is 114 cm³/mol. The van der Waals surface area contributed by atoms with E-state index in [1.807, 2.05) is 30.3 Å². The van der Waals surface area contributed by atoms with Crippen molar-refractivity contribution in [1.82, 2.24) is 14.6 Å². The van der Waals surface area contributed by atoms with Crippen LogP contribution in [0.5, 0.6) is 0 Å². The third-order valence-corrected chi connectivity index (χ3v) is 5.36. The molecule has 142 valence electrons. The molecule has 0 spiro atoms. The van der Waals surface area contributed by atoms with Crippen molar-refractivity contribution in [2.75, 3.05) is 11.1 Å². The fourth-order valence-corrected chi connectivity index (χ4v) is 3.67. The molecule has 0 radical (unpaired) electrons. The number of aromatic nitrogens is 3. The van der Waals surface area contributed by atoms with Crippen molar-refractivity contribution in [3.8, 4) is 17.3 Å². The molecule has 4 rings (SSSR count). The van der Waals surface area contributed by atoms with Gasteiger partial charge in [-0.3, -0.25) is 4.79 Å². The molecule has 0 saturated carbocycles. The minimum atomic E-state index is -0.175. The lowest BCUT2D eigenvalue weighted by Crippen LogP contribution is -2.14. The number of nitriles is 1. The molecule has 4 aromatic rings. The molecular weight excluding hydrogens is 406 g/mol. The van der Waals surface area contributed by atoms with Crippen LogP contribution in [0.4, 0.5) is 5.69 Å². The molecule has 2 aromatic heterocycles. The van der Waals surface area contributed by atoms with E-state index in [4.69, 9.17) is 16.9 Å². The number of hydrogen-bond acceptors (Lipinski definition) is 5. The first kappa shape index (κ1) is 19.0. The van der Waals surface area contributed by atoms with E-state index < -0.39 is 0 Å². The first-order valence-corrected chi connectivity index (χ1v) is 10.0. The normalized spacial score (nSPS) is 10.6. The number of nitrogens with zero attached hydrogens (tertiary/aromatic N) is 4. The van der Waals surface area contributed by atoms with Gasteiger partial charge < -0.3 is 5.32 Å². The number of anilines is 1. The van der Waals surface area contributed by atoms with E-state index in [1.54, 1.807) is 41.2 Å². The zero-order valence-corrected chi connectivity index (χ0v) is 16.6. The number of amides is 1. The number of halogens is 1. The van der Waals surface area contributed by atoms with Crippen molar-refractivity contribution in [3.05, 3.63) is 77.6 Å². The summed E-state index contributed by atoms with van der Waals surface area (Å²) in [5, 5.41) is 17.7. The van der Waals surface area contributed by atoms with Crippen LogP contribution >= 0.6 is 23.4 Å². The molecular formula is C21H14ClN5OS. The van der Waals surface area contributed by atoms with Crippen LogP contribution in [0.3, 0.4) is 0 Å². The van der Waals surface area contributed by atoms with Gasteiger partial charge in [0, 0.05) is 28.7 Å². The van der Waals surface area contributed by atoms with Gasteiger partial charge in [0.2, 0.25) is 5.91 Å². The summed E-state index contributed by atoms with van der Waals surface area (Å²) in [6, 6.07) is 18.3. The lowest BCUT2D eigenvalue weighted by atomic mass is 10.1. The summed E-state index contributed by atoms with van der Waals surface area (Å²) in [5.41, 5.74) is 3.66. The summed E-state index contributed by atoms with van der Waals surface area (Å²) >= 11 is 7.28. The van der Waals surface area contributed by atoms with Crippen molar-refractivity contribution in [2.45, 2.75) is 5.03 Å². The molecule has 2 aromatic carbocycles. The van der Waals surface area contributed by atoms with Gasteiger partial charge in [0.25, 0.3) is 0 Å². The summed E-state index contributed by atoms with van der Waals surface area (Å²) < 4.78 is 1.74. The van der Waals surface area contributed by atoms with Crippen LogP contribution in [0.25, 0.3) is 16.8 Å². The van der Waals surface area contributed by atoms with Crippen LogP contribution in [0.2, 0.25) is 5.02 Å². The molecule has 6 nitrogen and oxygen atoms in total. The second kappa shape index (κ2) is 8.35. The van der Waals surface area contributed by atoms with E-state index in [1.165, 1.54) is 11.8 Å². The lowest BCUT2D eigenvalue weighted by Gasteiger charge is -2.05. The molecule has 1 amide bonds. The van der Waals surface area contributed by atoms with Gasteiger partial charge in [-0.1, -0.05) is 41.6 Å². The van der Waals surface area contributed by atoms with Crippen LogP contribution in [-0.2, 0) is 4.79 Å². The van der Waals surface area contributed by atoms with Gasteiger partial charge in [0.1, 0.15) is 5.03 Å². The standard InChI is InChI=1S/C21H14ClN5OS/c22-16-6-4-15(5-7-16)18-11-19-21(24-8-9-27(19)26-18)29-13-20(28)25-17-3-1-2-14(10-17)12-23/h1-11H,13H2,(H,25,28). The molecule has 29 heavy (non-hydrogen) atoms. The van der Waals surface area contributed by atoms with Crippen molar-refractivity contribution in [3.63, 3.8) is 0 Å². The Balaban J connectivity index is 1.50. The third kappa shape index (κ3) is 4.40. The molecule has 0 atom stereocenters. The monoisotopic (exact) mass is 419 g/mol. The number of thioether (sulfide) groups is 1. The zero-order chi connectivity index (χ0) is 20.2. The van der Waals surface area contributed by atoms with Crippen LogP contribution < -0.4 is 5.32 Å². The Bertz CT molecular complexity index is 1230. The van der Waals surface area contributed by atoms with Gasteiger partial charge in [-0.2, -0.15) is 10.4 Å². The average Bonchev–Trinajstić information content (AvgIpc) is 3.18.